The van der Waals surface area contributed by atoms with Gasteiger partial charge in [-0.1, -0.05) is 0 Å². The predicted octanol–water partition coefficient (Wildman–Crippen LogP) is 0.262. The minimum atomic E-state index is 0.0408. The Bertz CT molecular complexity index is 485. The molecule has 116 valence electrons. The Morgan fingerprint density at radius 3 is 2.71 bits per heavy atom. The van der Waals surface area contributed by atoms with Crippen LogP contribution in [0.5, 0.6) is 5.75 Å². The summed E-state index contributed by atoms with van der Waals surface area (Å²) in [5.41, 5.74) is 1.78. The van der Waals surface area contributed by atoms with Crippen LogP contribution in [0.25, 0.3) is 0 Å². The van der Waals surface area contributed by atoms with E-state index in [0.717, 1.165) is 37.6 Å². The molecule has 0 saturated carbocycles. The predicted molar refractivity (Wildman–Crippen MR) is 81.3 cm³/mol. The van der Waals surface area contributed by atoms with Gasteiger partial charge >= 0.3 is 0 Å². The lowest BCUT2D eigenvalue weighted by molar-refractivity contribution is -0.134. The highest BCUT2D eigenvalue weighted by atomic mass is 16.5. The number of likely N-dealkylation sites (N-methyl/N-ethyl adjacent to an activating group) is 1. The molecule has 21 heavy (non-hydrogen) atoms. The van der Waals surface area contributed by atoms with Gasteiger partial charge in [-0.25, -0.2) is 0 Å². The maximum absolute atomic E-state index is 12.2. The Kier molecular flexibility index (Phi) is 5.52. The van der Waals surface area contributed by atoms with Crippen LogP contribution < -0.4 is 10.1 Å². The third kappa shape index (κ3) is 4.41. The number of hydrogen-bond acceptors (Lipinski definition) is 5. The molecule has 2 rings (SSSR count). The summed E-state index contributed by atoms with van der Waals surface area (Å²) in [6, 6.07) is 3.78. The van der Waals surface area contributed by atoms with Gasteiger partial charge in [0.1, 0.15) is 5.75 Å². The highest BCUT2D eigenvalue weighted by molar-refractivity contribution is 5.77. The number of nitrogens with zero attached hydrogens (tertiary/aromatic N) is 3. The van der Waals surface area contributed by atoms with Gasteiger partial charge in [0.15, 0.2) is 6.61 Å². The second-order valence-electron chi connectivity index (χ2n) is 5.40. The number of carbonyl (C=O) groups is 1. The maximum Gasteiger partial charge on any atom is 0.260 e. The van der Waals surface area contributed by atoms with Gasteiger partial charge in [0.25, 0.3) is 5.91 Å². The molecule has 0 radical (unpaired) electrons. The minimum Gasteiger partial charge on any atom is -0.482 e. The van der Waals surface area contributed by atoms with E-state index in [-0.39, 0.29) is 12.5 Å². The molecule has 1 amide bonds. The van der Waals surface area contributed by atoms with Crippen molar-refractivity contribution < 1.29 is 9.53 Å². The molecular formula is C15H24N4O2. The molecule has 1 fully saturated rings. The summed E-state index contributed by atoms with van der Waals surface area (Å²) >= 11 is 0. The van der Waals surface area contributed by atoms with E-state index in [1.807, 2.05) is 31.0 Å². The smallest absolute Gasteiger partial charge is 0.260 e. The van der Waals surface area contributed by atoms with Crippen LogP contribution in [0.1, 0.15) is 11.4 Å². The van der Waals surface area contributed by atoms with Gasteiger partial charge in [-0.15, -0.1) is 0 Å². The van der Waals surface area contributed by atoms with Crippen LogP contribution in [0.3, 0.4) is 0 Å². The van der Waals surface area contributed by atoms with Crippen molar-refractivity contribution in [1.29, 1.82) is 0 Å². The molecule has 1 aromatic rings. The molecule has 1 saturated heterocycles. The average Bonchev–Trinajstić information content (AvgIpc) is 2.47. The first kappa shape index (κ1) is 15.7. The number of nitrogens with one attached hydrogen (secondary N) is 1. The monoisotopic (exact) mass is 292 g/mol. The van der Waals surface area contributed by atoms with Crippen LogP contribution in [-0.4, -0.2) is 67.6 Å². The Labute approximate surface area is 126 Å². The molecule has 0 bridgehead atoms. The number of amides is 1. The number of carbonyl (C=O) groups excluding carboxylic acids is 1. The lowest BCUT2D eigenvalue weighted by Crippen LogP contribution is -2.48. The number of rotatable bonds is 5. The fourth-order valence-electron chi connectivity index (χ4n) is 2.31. The van der Waals surface area contributed by atoms with Crippen LogP contribution in [0, 0.1) is 6.92 Å². The molecule has 6 nitrogen and oxygen atoms in total. The molecule has 6 heteroatoms. The summed E-state index contributed by atoms with van der Waals surface area (Å²) < 4.78 is 5.68. The summed E-state index contributed by atoms with van der Waals surface area (Å²) in [6.07, 6.45) is 0. The number of hydrogen-bond donors (Lipinski definition) is 1. The quantitative estimate of drug-likeness (QED) is 0.844. The van der Waals surface area contributed by atoms with Gasteiger partial charge in [-0.05, 0) is 33.2 Å². The molecule has 1 aliphatic rings. The van der Waals surface area contributed by atoms with E-state index in [1.54, 1.807) is 0 Å². The van der Waals surface area contributed by atoms with E-state index in [4.69, 9.17) is 4.74 Å². The molecule has 2 heterocycles. The molecule has 1 N–H and O–H groups in total. The van der Waals surface area contributed by atoms with Gasteiger partial charge in [-0.2, -0.15) is 0 Å². The van der Waals surface area contributed by atoms with E-state index in [9.17, 15) is 4.79 Å². The Morgan fingerprint density at radius 2 is 2.05 bits per heavy atom. The van der Waals surface area contributed by atoms with E-state index in [0.29, 0.717) is 12.3 Å². The zero-order valence-corrected chi connectivity index (χ0v) is 13.1. The van der Waals surface area contributed by atoms with Crippen molar-refractivity contribution in [3.05, 3.63) is 23.5 Å². The van der Waals surface area contributed by atoms with Crippen molar-refractivity contribution in [3.63, 3.8) is 0 Å². The van der Waals surface area contributed by atoms with Gasteiger partial charge in [0.2, 0.25) is 0 Å². The largest absolute Gasteiger partial charge is 0.482 e. The highest BCUT2D eigenvalue weighted by Crippen LogP contribution is 2.17. The number of aromatic nitrogens is 1. The topological polar surface area (TPSA) is 57.7 Å². The van der Waals surface area contributed by atoms with Crippen molar-refractivity contribution in [2.75, 3.05) is 46.9 Å². The van der Waals surface area contributed by atoms with Crippen molar-refractivity contribution in [2.24, 2.45) is 0 Å². The number of aryl methyl sites for hydroxylation is 1. The van der Waals surface area contributed by atoms with E-state index in [1.165, 1.54) is 0 Å². The third-order valence-electron chi connectivity index (χ3n) is 3.62. The fourth-order valence-corrected chi connectivity index (χ4v) is 2.31. The Morgan fingerprint density at radius 1 is 1.33 bits per heavy atom. The molecule has 1 aromatic heterocycles. The molecule has 0 spiro atoms. The molecule has 0 unspecified atom stereocenters. The van der Waals surface area contributed by atoms with Crippen LogP contribution in [0.15, 0.2) is 12.1 Å². The van der Waals surface area contributed by atoms with Crippen LogP contribution >= 0.6 is 0 Å². The number of ether oxygens (including phenoxy) is 1. The minimum absolute atomic E-state index is 0.0408. The van der Waals surface area contributed by atoms with E-state index >= 15 is 0 Å². The van der Waals surface area contributed by atoms with Gasteiger partial charge in [0, 0.05) is 38.4 Å². The maximum atomic E-state index is 12.2. The van der Waals surface area contributed by atoms with Crippen LogP contribution in [-0.2, 0) is 11.3 Å². The van der Waals surface area contributed by atoms with E-state index < -0.39 is 0 Å². The molecule has 0 aromatic carbocycles. The molecular weight excluding hydrogens is 268 g/mol. The number of pyridine rings is 1. The van der Waals surface area contributed by atoms with Gasteiger partial charge in [0.05, 0.1) is 5.69 Å². The summed E-state index contributed by atoms with van der Waals surface area (Å²) in [7, 11) is 3.93. The van der Waals surface area contributed by atoms with Crippen LogP contribution in [0.2, 0.25) is 0 Å². The Balaban J connectivity index is 1.91. The lowest BCUT2D eigenvalue weighted by Gasteiger charge is -2.32. The molecule has 0 aliphatic carbocycles. The molecule has 1 aliphatic heterocycles. The van der Waals surface area contributed by atoms with Crippen LogP contribution in [0.4, 0.5) is 0 Å². The summed E-state index contributed by atoms with van der Waals surface area (Å²) in [6.45, 7) is 6.03. The second kappa shape index (κ2) is 7.38. The zero-order valence-electron chi connectivity index (χ0n) is 13.1. The summed E-state index contributed by atoms with van der Waals surface area (Å²) in [4.78, 5) is 20.7. The van der Waals surface area contributed by atoms with Crippen molar-refractivity contribution in [2.45, 2.75) is 13.5 Å². The van der Waals surface area contributed by atoms with Crippen molar-refractivity contribution in [1.82, 2.24) is 20.1 Å². The van der Waals surface area contributed by atoms with Gasteiger partial charge in [-0.3, -0.25) is 9.78 Å². The second-order valence-corrected chi connectivity index (χ2v) is 5.40. The Hall–Kier alpha value is -1.66. The lowest BCUT2D eigenvalue weighted by atomic mass is 10.3. The highest BCUT2D eigenvalue weighted by Gasteiger charge is 2.19. The molecule has 0 atom stereocenters. The first-order valence-electron chi connectivity index (χ1n) is 7.30. The standard InChI is InChI=1S/C15H24N4O2/c1-12-4-5-14(13(17-12)10-16-2)21-11-15(20)19-8-6-18(3)7-9-19/h4-5,16H,6-11H2,1-3H3. The summed E-state index contributed by atoms with van der Waals surface area (Å²) in [5, 5.41) is 3.06. The first-order chi connectivity index (χ1) is 10.1. The van der Waals surface area contributed by atoms with Crippen molar-refractivity contribution in [3.8, 4) is 5.75 Å². The van der Waals surface area contributed by atoms with Crippen molar-refractivity contribution >= 4 is 5.91 Å². The fraction of sp³-hybridized carbons (Fsp3) is 0.600. The SMILES string of the molecule is CNCc1nc(C)ccc1OCC(=O)N1CCN(C)CC1. The normalized spacial score (nSPS) is 16.0. The summed E-state index contributed by atoms with van der Waals surface area (Å²) in [5.74, 6) is 0.719. The number of piperazine rings is 1. The van der Waals surface area contributed by atoms with E-state index in [2.05, 4.69) is 22.2 Å². The van der Waals surface area contributed by atoms with Gasteiger partial charge < -0.3 is 19.9 Å². The first-order valence-corrected chi connectivity index (χ1v) is 7.30. The zero-order chi connectivity index (χ0) is 15.2. The third-order valence-corrected chi connectivity index (χ3v) is 3.62. The average molecular weight is 292 g/mol.